The highest BCUT2D eigenvalue weighted by Gasteiger charge is 2.28. The van der Waals surface area contributed by atoms with Crippen LogP contribution in [0.25, 0.3) is 0 Å². The van der Waals surface area contributed by atoms with E-state index < -0.39 is 0 Å². The van der Waals surface area contributed by atoms with Crippen molar-refractivity contribution in [3.8, 4) is 0 Å². The second-order valence-electron chi connectivity index (χ2n) is 6.62. The van der Waals surface area contributed by atoms with Gasteiger partial charge in [0.05, 0.1) is 4.08 Å². The van der Waals surface area contributed by atoms with E-state index in [9.17, 15) is 0 Å². The Morgan fingerprint density at radius 2 is 1.33 bits per heavy atom. The van der Waals surface area contributed by atoms with E-state index in [0.29, 0.717) is 4.08 Å². The summed E-state index contributed by atoms with van der Waals surface area (Å²) in [5.74, 6) is 2.64. The first-order valence-corrected chi connectivity index (χ1v) is 10.8. The SMILES string of the molecule is CC1(CCN(Cc2ccccc2)Cc2ccccc2)SCCCS1. The molecule has 1 aliphatic heterocycles. The molecule has 0 saturated carbocycles. The van der Waals surface area contributed by atoms with Crippen LogP contribution >= 0.6 is 23.5 Å². The van der Waals surface area contributed by atoms with Gasteiger partial charge in [0.1, 0.15) is 0 Å². The van der Waals surface area contributed by atoms with E-state index in [0.717, 1.165) is 19.6 Å². The number of hydrogen-bond donors (Lipinski definition) is 0. The maximum absolute atomic E-state index is 2.60. The van der Waals surface area contributed by atoms with Crippen molar-refractivity contribution in [2.45, 2.75) is 36.9 Å². The van der Waals surface area contributed by atoms with E-state index >= 15 is 0 Å². The Morgan fingerprint density at radius 1 is 0.833 bits per heavy atom. The van der Waals surface area contributed by atoms with Crippen molar-refractivity contribution in [2.24, 2.45) is 0 Å². The maximum Gasteiger partial charge on any atom is 0.0595 e. The van der Waals surface area contributed by atoms with Crippen LogP contribution in [0.1, 0.15) is 30.9 Å². The summed E-state index contributed by atoms with van der Waals surface area (Å²) in [6.45, 7) is 5.65. The summed E-state index contributed by atoms with van der Waals surface area (Å²) >= 11 is 4.31. The zero-order chi connectivity index (χ0) is 16.7. The molecule has 0 N–H and O–H groups in total. The van der Waals surface area contributed by atoms with E-state index in [1.807, 2.05) is 0 Å². The van der Waals surface area contributed by atoms with Crippen LogP contribution < -0.4 is 0 Å². The van der Waals surface area contributed by atoms with Crippen molar-refractivity contribution in [3.63, 3.8) is 0 Å². The van der Waals surface area contributed by atoms with Crippen LogP contribution in [0.15, 0.2) is 60.7 Å². The molecule has 0 radical (unpaired) electrons. The van der Waals surface area contributed by atoms with Crippen LogP contribution in [0.3, 0.4) is 0 Å². The average molecular weight is 358 g/mol. The van der Waals surface area contributed by atoms with Gasteiger partial charge in [-0.15, -0.1) is 23.5 Å². The van der Waals surface area contributed by atoms with Crippen LogP contribution in [0, 0.1) is 0 Å². The lowest BCUT2D eigenvalue weighted by Crippen LogP contribution is -2.30. The van der Waals surface area contributed by atoms with Crippen LogP contribution in [-0.4, -0.2) is 27.0 Å². The van der Waals surface area contributed by atoms with Crippen LogP contribution in [0.4, 0.5) is 0 Å². The molecule has 0 aliphatic carbocycles. The highest BCUT2D eigenvalue weighted by molar-refractivity contribution is 8.18. The second kappa shape index (κ2) is 8.98. The highest BCUT2D eigenvalue weighted by Crippen LogP contribution is 2.44. The van der Waals surface area contributed by atoms with Crippen LogP contribution in [-0.2, 0) is 13.1 Å². The van der Waals surface area contributed by atoms with Crippen LogP contribution in [0.2, 0.25) is 0 Å². The van der Waals surface area contributed by atoms with Crippen LogP contribution in [0.5, 0.6) is 0 Å². The van der Waals surface area contributed by atoms with Gasteiger partial charge in [-0.2, -0.15) is 0 Å². The van der Waals surface area contributed by atoms with E-state index in [1.54, 1.807) is 0 Å². The molecule has 2 aromatic rings. The van der Waals surface area contributed by atoms with Crippen molar-refractivity contribution in [2.75, 3.05) is 18.1 Å². The first-order valence-electron chi connectivity index (χ1n) is 8.82. The fraction of sp³-hybridized carbons (Fsp3) is 0.429. The van der Waals surface area contributed by atoms with E-state index in [-0.39, 0.29) is 0 Å². The summed E-state index contributed by atoms with van der Waals surface area (Å²) in [6.07, 6.45) is 2.62. The van der Waals surface area contributed by atoms with E-state index in [4.69, 9.17) is 0 Å². The number of hydrogen-bond acceptors (Lipinski definition) is 3. The molecule has 3 rings (SSSR count). The summed E-state index contributed by atoms with van der Waals surface area (Å²) in [5.41, 5.74) is 2.81. The Hall–Kier alpha value is -0.900. The minimum absolute atomic E-state index is 0.393. The third-order valence-electron chi connectivity index (χ3n) is 4.48. The van der Waals surface area contributed by atoms with Gasteiger partial charge >= 0.3 is 0 Å². The van der Waals surface area contributed by atoms with Crippen molar-refractivity contribution in [1.29, 1.82) is 0 Å². The van der Waals surface area contributed by atoms with Gasteiger partial charge in [-0.3, -0.25) is 4.90 Å². The van der Waals surface area contributed by atoms with Crippen molar-refractivity contribution in [3.05, 3.63) is 71.8 Å². The minimum atomic E-state index is 0.393. The van der Waals surface area contributed by atoms with Gasteiger partial charge in [0.25, 0.3) is 0 Å². The van der Waals surface area contributed by atoms with Crippen molar-refractivity contribution >= 4 is 23.5 Å². The molecule has 0 spiro atoms. The molecule has 1 nitrogen and oxygen atoms in total. The lowest BCUT2D eigenvalue weighted by atomic mass is 10.1. The molecule has 3 heteroatoms. The molecular formula is C21H27NS2. The lowest BCUT2D eigenvalue weighted by molar-refractivity contribution is 0.251. The molecule has 0 atom stereocenters. The Balaban J connectivity index is 1.64. The average Bonchev–Trinajstić information content (AvgIpc) is 2.62. The van der Waals surface area contributed by atoms with Crippen molar-refractivity contribution in [1.82, 2.24) is 4.90 Å². The first kappa shape index (κ1) is 17.9. The van der Waals surface area contributed by atoms with Gasteiger partial charge < -0.3 is 0 Å². The molecule has 1 saturated heterocycles. The second-order valence-corrected chi connectivity index (χ2v) is 10.1. The molecule has 24 heavy (non-hydrogen) atoms. The minimum Gasteiger partial charge on any atom is -0.295 e. The number of thioether (sulfide) groups is 2. The normalized spacial score (nSPS) is 17.1. The zero-order valence-electron chi connectivity index (χ0n) is 14.5. The number of nitrogens with zero attached hydrogens (tertiary/aromatic N) is 1. The summed E-state index contributed by atoms with van der Waals surface area (Å²) < 4.78 is 0.393. The lowest BCUT2D eigenvalue weighted by Gasteiger charge is -2.34. The first-order chi connectivity index (χ1) is 11.7. The smallest absolute Gasteiger partial charge is 0.0595 e. The summed E-state index contributed by atoms with van der Waals surface area (Å²) in [7, 11) is 0. The molecular weight excluding hydrogens is 330 g/mol. The molecule has 128 valence electrons. The van der Waals surface area contributed by atoms with Crippen molar-refractivity contribution < 1.29 is 0 Å². The fourth-order valence-electron chi connectivity index (χ4n) is 3.08. The van der Waals surface area contributed by atoms with Gasteiger partial charge in [-0.25, -0.2) is 0 Å². The van der Waals surface area contributed by atoms with E-state index in [1.165, 1.54) is 35.5 Å². The maximum atomic E-state index is 2.60. The Labute approximate surface area is 155 Å². The summed E-state index contributed by atoms with van der Waals surface area (Å²) in [4.78, 5) is 2.60. The predicted molar refractivity (Wildman–Crippen MR) is 110 cm³/mol. The van der Waals surface area contributed by atoms with Gasteiger partial charge in [-0.05, 0) is 42.4 Å². The van der Waals surface area contributed by atoms with Gasteiger partial charge in [0.15, 0.2) is 0 Å². The van der Waals surface area contributed by atoms with Gasteiger partial charge in [0, 0.05) is 19.6 Å². The fourth-order valence-corrected chi connectivity index (χ4v) is 6.01. The quantitative estimate of drug-likeness (QED) is 0.629. The zero-order valence-corrected chi connectivity index (χ0v) is 16.1. The molecule has 1 aliphatic rings. The molecule has 2 aromatic carbocycles. The number of rotatable bonds is 7. The van der Waals surface area contributed by atoms with E-state index in [2.05, 4.69) is 96.0 Å². The summed E-state index contributed by atoms with van der Waals surface area (Å²) in [5, 5.41) is 0. The Kier molecular flexibility index (Phi) is 6.70. The Morgan fingerprint density at radius 3 is 1.83 bits per heavy atom. The summed E-state index contributed by atoms with van der Waals surface area (Å²) in [6, 6.07) is 21.7. The van der Waals surface area contributed by atoms with Gasteiger partial charge in [-0.1, -0.05) is 60.7 Å². The molecule has 0 bridgehead atoms. The monoisotopic (exact) mass is 357 g/mol. The van der Waals surface area contributed by atoms with Gasteiger partial charge in [0.2, 0.25) is 0 Å². The highest BCUT2D eigenvalue weighted by atomic mass is 32.2. The number of benzene rings is 2. The predicted octanol–water partition coefficient (Wildman–Crippen LogP) is 5.67. The third-order valence-corrected chi connectivity index (χ3v) is 7.81. The molecule has 0 amide bonds. The largest absolute Gasteiger partial charge is 0.295 e. The third kappa shape index (κ3) is 5.58. The molecule has 0 aromatic heterocycles. The molecule has 0 unspecified atom stereocenters. The molecule has 1 fully saturated rings. The Bertz CT molecular complexity index is 552. The molecule has 1 heterocycles. The topological polar surface area (TPSA) is 3.24 Å². The standard InChI is InChI=1S/C21H27NS2/c1-21(23-15-8-16-24-21)13-14-22(17-19-9-4-2-5-10-19)18-20-11-6-3-7-12-20/h2-7,9-12H,8,13-18H2,1H3.